The van der Waals surface area contributed by atoms with Crippen molar-refractivity contribution in [1.82, 2.24) is 20.0 Å². The van der Waals surface area contributed by atoms with E-state index in [1.54, 1.807) is 11.9 Å². The van der Waals surface area contributed by atoms with Crippen LogP contribution in [0.15, 0.2) is 29.3 Å². The summed E-state index contributed by atoms with van der Waals surface area (Å²) in [6.07, 6.45) is 3.60. The second-order valence-electron chi connectivity index (χ2n) is 9.69. The van der Waals surface area contributed by atoms with Crippen LogP contribution in [0, 0.1) is 0 Å². The predicted octanol–water partition coefficient (Wildman–Crippen LogP) is 3.30. The Labute approximate surface area is 187 Å². The predicted molar refractivity (Wildman–Crippen MR) is 125 cm³/mol. The standard InChI is InChI=1S/C24H39N5O2/c1-24(2,3)31-23(30)27(5)17-20-10-8-19(9-11-20)16-26-22(25-4)29-15-12-21(18-29)28-13-6-7-14-28/h8-11,21H,6-7,12-18H2,1-5H3,(H,25,26). The largest absolute Gasteiger partial charge is 0.444 e. The Morgan fingerprint density at radius 1 is 1.16 bits per heavy atom. The van der Waals surface area contributed by atoms with Crippen LogP contribution in [-0.4, -0.2) is 78.7 Å². The van der Waals surface area contributed by atoms with Gasteiger partial charge in [-0.25, -0.2) is 4.79 Å². The summed E-state index contributed by atoms with van der Waals surface area (Å²) >= 11 is 0. The summed E-state index contributed by atoms with van der Waals surface area (Å²) in [4.78, 5) is 23.3. The van der Waals surface area contributed by atoms with Crippen molar-refractivity contribution in [2.24, 2.45) is 4.99 Å². The summed E-state index contributed by atoms with van der Waals surface area (Å²) in [5, 5.41) is 3.52. The molecule has 0 aliphatic carbocycles. The van der Waals surface area contributed by atoms with Crippen molar-refractivity contribution < 1.29 is 9.53 Å². The van der Waals surface area contributed by atoms with Gasteiger partial charge in [-0.1, -0.05) is 24.3 Å². The molecule has 1 aromatic carbocycles. The summed E-state index contributed by atoms with van der Waals surface area (Å²) in [5.41, 5.74) is 1.79. The molecular weight excluding hydrogens is 390 g/mol. The molecule has 2 heterocycles. The average Bonchev–Trinajstić information content (AvgIpc) is 3.40. The fourth-order valence-electron chi connectivity index (χ4n) is 4.29. The van der Waals surface area contributed by atoms with E-state index in [-0.39, 0.29) is 6.09 Å². The van der Waals surface area contributed by atoms with Gasteiger partial charge in [0, 0.05) is 46.3 Å². The second kappa shape index (κ2) is 10.4. The molecule has 2 aliphatic rings. The molecule has 7 heteroatoms. The number of guanidine groups is 1. The lowest BCUT2D eigenvalue weighted by atomic mass is 10.1. The molecule has 7 nitrogen and oxygen atoms in total. The Morgan fingerprint density at radius 3 is 2.42 bits per heavy atom. The van der Waals surface area contributed by atoms with Gasteiger partial charge in [-0.3, -0.25) is 9.89 Å². The SMILES string of the molecule is CN=C(NCc1ccc(CN(C)C(=O)OC(C)(C)C)cc1)N1CCC(N2CCCC2)C1. The minimum absolute atomic E-state index is 0.306. The van der Waals surface area contributed by atoms with Gasteiger partial charge in [0.25, 0.3) is 0 Å². The van der Waals surface area contributed by atoms with E-state index in [1.807, 2.05) is 27.8 Å². The molecule has 1 aromatic rings. The van der Waals surface area contributed by atoms with E-state index in [0.29, 0.717) is 12.6 Å². The molecule has 2 saturated heterocycles. The number of carbonyl (C=O) groups is 1. The monoisotopic (exact) mass is 429 g/mol. The quantitative estimate of drug-likeness (QED) is 0.575. The normalized spacial score (nSPS) is 20.2. The summed E-state index contributed by atoms with van der Waals surface area (Å²) in [7, 11) is 3.63. The maximum Gasteiger partial charge on any atom is 0.410 e. The molecule has 31 heavy (non-hydrogen) atoms. The topological polar surface area (TPSA) is 60.4 Å². The lowest BCUT2D eigenvalue weighted by Crippen LogP contribution is -2.42. The fourth-order valence-corrected chi connectivity index (χ4v) is 4.29. The summed E-state index contributed by atoms with van der Waals surface area (Å²) < 4.78 is 5.42. The zero-order valence-corrected chi connectivity index (χ0v) is 19.9. The lowest BCUT2D eigenvalue weighted by molar-refractivity contribution is 0.0285. The highest BCUT2D eigenvalue weighted by atomic mass is 16.6. The fraction of sp³-hybridized carbons (Fsp3) is 0.667. The Hall–Kier alpha value is -2.28. The van der Waals surface area contributed by atoms with Crippen molar-refractivity contribution in [3.8, 4) is 0 Å². The van der Waals surface area contributed by atoms with Gasteiger partial charge in [0.15, 0.2) is 5.96 Å². The van der Waals surface area contributed by atoms with Gasteiger partial charge in [0.05, 0.1) is 0 Å². The van der Waals surface area contributed by atoms with Crippen LogP contribution < -0.4 is 5.32 Å². The Balaban J connectivity index is 1.46. The lowest BCUT2D eigenvalue weighted by Gasteiger charge is -2.25. The van der Waals surface area contributed by atoms with Gasteiger partial charge in [-0.15, -0.1) is 0 Å². The number of nitrogens with one attached hydrogen (secondary N) is 1. The summed E-state index contributed by atoms with van der Waals surface area (Å²) in [6, 6.07) is 9.02. The summed E-state index contributed by atoms with van der Waals surface area (Å²) in [5.74, 6) is 0.982. The molecule has 2 aliphatic heterocycles. The van der Waals surface area contributed by atoms with Crippen molar-refractivity contribution in [3.05, 3.63) is 35.4 Å². The number of amides is 1. The minimum atomic E-state index is -0.483. The van der Waals surface area contributed by atoms with Gasteiger partial charge in [-0.2, -0.15) is 0 Å². The van der Waals surface area contributed by atoms with Gasteiger partial charge in [0.2, 0.25) is 0 Å². The minimum Gasteiger partial charge on any atom is -0.444 e. The molecule has 2 fully saturated rings. The molecule has 0 radical (unpaired) electrons. The van der Waals surface area contributed by atoms with Crippen LogP contribution in [-0.2, 0) is 17.8 Å². The Kier molecular flexibility index (Phi) is 7.81. The van der Waals surface area contributed by atoms with E-state index in [2.05, 4.69) is 44.4 Å². The molecule has 0 spiro atoms. The third-order valence-electron chi connectivity index (χ3n) is 5.93. The van der Waals surface area contributed by atoms with Crippen LogP contribution in [0.1, 0.15) is 51.2 Å². The van der Waals surface area contributed by atoms with Gasteiger partial charge < -0.3 is 19.9 Å². The molecule has 1 atom stereocenters. The van der Waals surface area contributed by atoms with Gasteiger partial charge in [0.1, 0.15) is 5.60 Å². The first-order valence-electron chi connectivity index (χ1n) is 11.5. The molecule has 172 valence electrons. The first kappa shape index (κ1) is 23.4. The molecule has 1 amide bonds. The number of nitrogens with zero attached hydrogens (tertiary/aromatic N) is 4. The van der Waals surface area contributed by atoms with E-state index < -0.39 is 5.60 Å². The number of carbonyl (C=O) groups excluding carboxylic acids is 1. The number of ether oxygens (including phenoxy) is 1. The zero-order chi connectivity index (χ0) is 22.4. The maximum atomic E-state index is 12.1. The van der Waals surface area contributed by atoms with E-state index in [0.717, 1.165) is 31.2 Å². The van der Waals surface area contributed by atoms with E-state index >= 15 is 0 Å². The molecule has 1 unspecified atom stereocenters. The number of benzene rings is 1. The molecular formula is C24H39N5O2. The number of aliphatic imine (C=N–C) groups is 1. The van der Waals surface area contributed by atoms with Crippen molar-refractivity contribution in [2.75, 3.05) is 40.3 Å². The summed E-state index contributed by atoms with van der Waals surface area (Å²) in [6.45, 7) is 11.5. The van der Waals surface area contributed by atoms with E-state index in [9.17, 15) is 4.79 Å². The van der Waals surface area contributed by atoms with Crippen LogP contribution in [0.3, 0.4) is 0 Å². The van der Waals surface area contributed by atoms with Gasteiger partial charge >= 0.3 is 6.09 Å². The van der Waals surface area contributed by atoms with E-state index in [1.165, 1.54) is 37.9 Å². The number of hydrogen-bond donors (Lipinski definition) is 1. The number of hydrogen-bond acceptors (Lipinski definition) is 4. The number of rotatable bonds is 5. The highest BCUT2D eigenvalue weighted by Gasteiger charge is 2.30. The van der Waals surface area contributed by atoms with Crippen LogP contribution in [0.2, 0.25) is 0 Å². The first-order valence-corrected chi connectivity index (χ1v) is 11.5. The zero-order valence-electron chi connectivity index (χ0n) is 19.9. The molecule has 0 aromatic heterocycles. The third-order valence-corrected chi connectivity index (χ3v) is 5.93. The van der Waals surface area contributed by atoms with E-state index in [4.69, 9.17) is 4.74 Å². The number of likely N-dealkylation sites (tertiary alicyclic amines) is 2. The Bertz CT molecular complexity index is 750. The van der Waals surface area contributed by atoms with Crippen molar-refractivity contribution >= 4 is 12.1 Å². The van der Waals surface area contributed by atoms with Crippen LogP contribution in [0.5, 0.6) is 0 Å². The third kappa shape index (κ3) is 6.86. The van der Waals surface area contributed by atoms with Crippen molar-refractivity contribution in [3.63, 3.8) is 0 Å². The second-order valence-corrected chi connectivity index (χ2v) is 9.69. The Morgan fingerprint density at radius 2 is 1.81 bits per heavy atom. The van der Waals surface area contributed by atoms with Crippen molar-refractivity contribution in [2.45, 2.75) is 64.8 Å². The van der Waals surface area contributed by atoms with Gasteiger partial charge in [-0.05, 0) is 64.3 Å². The van der Waals surface area contributed by atoms with Crippen molar-refractivity contribution in [1.29, 1.82) is 0 Å². The molecule has 0 saturated carbocycles. The molecule has 3 rings (SSSR count). The van der Waals surface area contributed by atoms with Crippen LogP contribution in [0.4, 0.5) is 4.79 Å². The van der Waals surface area contributed by atoms with Crippen LogP contribution >= 0.6 is 0 Å². The first-order chi connectivity index (χ1) is 14.7. The molecule has 1 N–H and O–H groups in total. The highest BCUT2D eigenvalue weighted by molar-refractivity contribution is 5.80. The van der Waals surface area contributed by atoms with Crippen LogP contribution in [0.25, 0.3) is 0 Å². The average molecular weight is 430 g/mol. The highest BCUT2D eigenvalue weighted by Crippen LogP contribution is 2.20. The smallest absolute Gasteiger partial charge is 0.410 e. The molecule has 0 bridgehead atoms. The maximum absolute atomic E-state index is 12.1.